The lowest BCUT2D eigenvalue weighted by Crippen LogP contribution is -2.32. The van der Waals surface area contributed by atoms with Crippen molar-refractivity contribution in [1.29, 1.82) is 0 Å². The number of nitrogens with zero attached hydrogens (tertiary/aromatic N) is 2. The van der Waals surface area contributed by atoms with Crippen LogP contribution in [0.4, 0.5) is 24.5 Å². The van der Waals surface area contributed by atoms with Crippen LogP contribution in [-0.2, 0) is 31.8 Å². The number of thioether (sulfide) groups is 1. The van der Waals surface area contributed by atoms with Gasteiger partial charge in [-0.2, -0.15) is 13.2 Å². The van der Waals surface area contributed by atoms with Crippen molar-refractivity contribution in [2.24, 2.45) is 5.92 Å². The average Bonchev–Trinajstić information content (AvgIpc) is 3.70. The average molecular weight is 674 g/mol. The number of aromatic nitrogens is 1. The molecule has 0 spiro atoms. The van der Waals surface area contributed by atoms with E-state index in [4.69, 9.17) is 4.74 Å². The molecule has 2 aliphatic heterocycles. The minimum absolute atomic E-state index is 0.0858. The lowest BCUT2D eigenvalue weighted by atomic mass is 9.87. The summed E-state index contributed by atoms with van der Waals surface area (Å²) >= 11 is 3.25. The van der Waals surface area contributed by atoms with Crippen molar-refractivity contribution in [3.8, 4) is 0 Å². The number of halogens is 3. The predicted molar refractivity (Wildman–Crippen MR) is 163 cm³/mol. The number of fused-ring (bicyclic) bond motifs is 2. The molecule has 0 saturated carbocycles. The van der Waals surface area contributed by atoms with Crippen LogP contribution in [0.15, 0.2) is 75.9 Å². The molecule has 3 unspecified atom stereocenters. The second-order valence-electron chi connectivity index (χ2n) is 10.1. The number of carbonyl (C=O) groups is 4. The van der Waals surface area contributed by atoms with Crippen molar-refractivity contribution in [2.45, 2.75) is 35.8 Å². The second kappa shape index (κ2) is 11.9. The normalized spacial score (nSPS) is 19.3. The van der Waals surface area contributed by atoms with Gasteiger partial charge in [0.2, 0.25) is 17.7 Å². The van der Waals surface area contributed by atoms with Crippen LogP contribution in [0.3, 0.4) is 0 Å². The first-order valence-electron chi connectivity index (χ1n) is 13.5. The summed E-state index contributed by atoms with van der Waals surface area (Å²) in [6, 6.07) is 13.7. The lowest BCUT2D eigenvalue weighted by molar-refractivity contribution is -0.137. The Morgan fingerprint density at radius 3 is 2.42 bits per heavy atom. The summed E-state index contributed by atoms with van der Waals surface area (Å²) in [6.45, 7) is 1.36. The number of ether oxygens (including phenoxy) is 1. The minimum Gasteiger partial charge on any atom is -0.462 e. The van der Waals surface area contributed by atoms with Crippen molar-refractivity contribution in [3.63, 3.8) is 0 Å². The molecule has 6 rings (SSSR count). The van der Waals surface area contributed by atoms with Crippen LogP contribution in [0, 0.1) is 5.92 Å². The fraction of sp³-hybridized carbons (Fsp3) is 0.233. The van der Waals surface area contributed by atoms with Crippen molar-refractivity contribution < 1.29 is 37.1 Å². The third-order valence-corrected chi connectivity index (χ3v) is 10.9. The Bertz CT molecular complexity index is 1870. The zero-order valence-electron chi connectivity index (χ0n) is 23.2. The van der Waals surface area contributed by atoms with Crippen LogP contribution in [0.2, 0.25) is 0 Å². The Balaban J connectivity index is 1.32. The van der Waals surface area contributed by atoms with Crippen molar-refractivity contribution in [2.75, 3.05) is 16.8 Å². The molecule has 1 N–H and O–H groups in total. The van der Waals surface area contributed by atoms with Gasteiger partial charge in [0.1, 0.15) is 11.8 Å². The number of alkyl halides is 3. The molecule has 0 radical (unpaired) electrons. The van der Waals surface area contributed by atoms with Crippen molar-refractivity contribution in [3.05, 3.63) is 96.6 Å². The highest BCUT2D eigenvalue weighted by atomic mass is 32.2. The molecular weight excluding hydrogens is 652 g/mol. The Hall–Kier alpha value is -4.21. The van der Waals surface area contributed by atoms with Gasteiger partial charge in [0.05, 0.1) is 34.4 Å². The number of nitrogens with one attached hydrogen (secondary N) is 1. The number of amides is 3. The third kappa shape index (κ3) is 5.71. The highest BCUT2D eigenvalue weighted by Gasteiger charge is 2.57. The summed E-state index contributed by atoms with van der Waals surface area (Å²) in [5.74, 6) is -3.72. The zero-order valence-corrected chi connectivity index (χ0v) is 25.6. The molecule has 45 heavy (non-hydrogen) atoms. The number of anilines is 2. The topological polar surface area (TPSA) is 115 Å². The molecule has 4 heterocycles. The number of benzene rings is 2. The molecule has 2 aromatic carbocycles. The SMILES string of the molecule is CCOC(=O)c1ccc(N2C(=O)C3Sc4c(sc(=O)n4CC(=O)Nc4cccc(C(F)(F)F)c4)C(c4cccs4)C3C2=O)cc1. The monoisotopic (exact) mass is 673 g/mol. The Morgan fingerprint density at radius 1 is 1.00 bits per heavy atom. The molecule has 232 valence electrons. The first kappa shape index (κ1) is 30.8. The molecule has 3 amide bonds. The van der Waals surface area contributed by atoms with Gasteiger partial charge in [0.15, 0.2) is 0 Å². The summed E-state index contributed by atoms with van der Waals surface area (Å²) < 4.78 is 45.7. The van der Waals surface area contributed by atoms with E-state index in [0.29, 0.717) is 9.90 Å². The number of hydrogen-bond donors (Lipinski definition) is 1. The molecule has 15 heteroatoms. The quantitative estimate of drug-likeness (QED) is 0.201. The number of hydrogen-bond acceptors (Lipinski definition) is 9. The molecular formula is C30H22F3N3O6S3. The number of thiazole rings is 1. The van der Waals surface area contributed by atoms with E-state index in [1.165, 1.54) is 46.2 Å². The first-order chi connectivity index (χ1) is 21.5. The van der Waals surface area contributed by atoms with Gasteiger partial charge >= 0.3 is 17.0 Å². The Labute approximate surface area is 265 Å². The molecule has 0 bridgehead atoms. The molecule has 9 nitrogen and oxygen atoms in total. The lowest BCUT2D eigenvalue weighted by Gasteiger charge is -2.29. The third-order valence-electron chi connectivity index (χ3n) is 7.31. The van der Waals surface area contributed by atoms with Crippen LogP contribution < -0.4 is 15.1 Å². The Morgan fingerprint density at radius 2 is 1.76 bits per heavy atom. The van der Waals surface area contributed by atoms with E-state index in [9.17, 15) is 37.1 Å². The van der Waals surface area contributed by atoms with Crippen molar-refractivity contribution in [1.82, 2.24) is 4.57 Å². The maximum Gasteiger partial charge on any atom is 0.416 e. The number of thiophene rings is 1. The van der Waals surface area contributed by atoms with Crippen LogP contribution >= 0.6 is 34.4 Å². The maximum absolute atomic E-state index is 13.9. The highest BCUT2D eigenvalue weighted by molar-refractivity contribution is 8.00. The van der Waals surface area contributed by atoms with Gasteiger partial charge in [-0.3, -0.25) is 23.7 Å². The standard InChI is InChI=1S/C30H22F3N3O6S3/c1-2-42-28(40)15-8-10-18(11-9-15)36-25(38)22-21(19-7-4-12-43-19)24-27(44-23(22)26(36)39)35(29(41)45-24)14-20(37)34-17-6-3-5-16(13-17)30(31,32)33/h3-13,21-23H,2,14H2,1H3,(H,34,37). The smallest absolute Gasteiger partial charge is 0.416 e. The highest BCUT2D eigenvalue weighted by Crippen LogP contribution is 2.54. The van der Waals surface area contributed by atoms with Crippen molar-refractivity contribution >= 4 is 69.5 Å². The van der Waals surface area contributed by atoms with Crippen LogP contribution in [0.25, 0.3) is 0 Å². The van der Waals surface area contributed by atoms with E-state index < -0.39 is 63.9 Å². The summed E-state index contributed by atoms with van der Waals surface area (Å²) in [5.41, 5.74) is -0.482. The van der Waals surface area contributed by atoms with Gasteiger partial charge in [-0.05, 0) is 60.8 Å². The fourth-order valence-corrected chi connectivity index (χ4v) is 9.08. The fourth-order valence-electron chi connectivity index (χ4n) is 5.36. The number of esters is 1. The number of carbonyl (C=O) groups excluding carboxylic acids is 4. The molecule has 2 aromatic heterocycles. The predicted octanol–water partition coefficient (Wildman–Crippen LogP) is 5.60. The van der Waals surface area contributed by atoms with E-state index in [1.54, 1.807) is 13.0 Å². The van der Waals surface area contributed by atoms with Gasteiger partial charge in [-0.25, -0.2) is 9.69 Å². The van der Waals surface area contributed by atoms with Crippen LogP contribution in [0.1, 0.15) is 38.5 Å². The van der Waals surface area contributed by atoms with Crippen LogP contribution in [-0.4, -0.2) is 40.1 Å². The molecule has 2 aliphatic rings. The van der Waals surface area contributed by atoms with Gasteiger partial charge in [0.25, 0.3) is 0 Å². The van der Waals surface area contributed by atoms with Crippen LogP contribution in [0.5, 0.6) is 0 Å². The van der Waals surface area contributed by atoms with Gasteiger partial charge in [-0.1, -0.05) is 35.2 Å². The largest absolute Gasteiger partial charge is 0.462 e. The van der Waals surface area contributed by atoms with E-state index in [2.05, 4.69) is 5.32 Å². The first-order valence-corrected chi connectivity index (χ1v) is 16.1. The molecule has 1 fully saturated rings. The Kier molecular flexibility index (Phi) is 8.18. The number of rotatable bonds is 7. The van der Waals surface area contributed by atoms with Gasteiger partial charge in [-0.15, -0.1) is 11.3 Å². The van der Waals surface area contributed by atoms with Gasteiger partial charge < -0.3 is 10.1 Å². The molecule has 0 aliphatic carbocycles. The second-order valence-corrected chi connectivity index (χ2v) is 13.2. The summed E-state index contributed by atoms with van der Waals surface area (Å²) in [5, 5.41) is 3.66. The number of imide groups is 1. The summed E-state index contributed by atoms with van der Waals surface area (Å²) in [7, 11) is 0. The zero-order chi connectivity index (χ0) is 32.0. The summed E-state index contributed by atoms with van der Waals surface area (Å²) in [4.78, 5) is 67.9. The minimum atomic E-state index is -4.60. The van der Waals surface area contributed by atoms with E-state index in [1.807, 2.05) is 11.4 Å². The molecule has 4 aromatic rings. The van der Waals surface area contributed by atoms with E-state index in [0.717, 1.165) is 51.1 Å². The maximum atomic E-state index is 13.9. The summed E-state index contributed by atoms with van der Waals surface area (Å²) in [6.07, 6.45) is -4.60. The van der Waals surface area contributed by atoms with E-state index in [-0.39, 0.29) is 23.5 Å². The van der Waals surface area contributed by atoms with E-state index >= 15 is 0 Å². The molecule has 1 saturated heterocycles. The van der Waals surface area contributed by atoms with Gasteiger partial charge in [0, 0.05) is 21.4 Å². The molecule has 3 atom stereocenters.